The van der Waals surface area contributed by atoms with Gasteiger partial charge in [0.2, 0.25) is 5.91 Å². The average Bonchev–Trinajstić information content (AvgIpc) is 2.50. The van der Waals surface area contributed by atoms with Crippen molar-refractivity contribution in [1.29, 1.82) is 0 Å². The maximum Gasteiger partial charge on any atom is 0.241 e. The van der Waals surface area contributed by atoms with Crippen molar-refractivity contribution in [3.63, 3.8) is 0 Å². The summed E-state index contributed by atoms with van der Waals surface area (Å²) < 4.78 is 0. The summed E-state index contributed by atoms with van der Waals surface area (Å²) in [6.45, 7) is 3.07. The van der Waals surface area contributed by atoms with E-state index in [9.17, 15) is 4.79 Å². The second kappa shape index (κ2) is 6.00. The van der Waals surface area contributed by atoms with Crippen molar-refractivity contribution < 1.29 is 4.79 Å². The first kappa shape index (κ1) is 14.3. The molecule has 1 aromatic carbocycles. The molecule has 4 nitrogen and oxygen atoms in total. The molecule has 0 radical (unpaired) electrons. The van der Waals surface area contributed by atoms with E-state index in [4.69, 9.17) is 11.6 Å². The third-order valence-electron chi connectivity index (χ3n) is 3.96. The molecule has 2 N–H and O–H groups in total. The van der Waals surface area contributed by atoms with Gasteiger partial charge in [0, 0.05) is 11.6 Å². The fraction of sp³-hybridized carbons (Fsp3) is 0.375. The molecule has 0 spiro atoms. The van der Waals surface area contributed by atoms with E-state index in [1.165, 1.54) is 0 Å². The minimum absolute atomic E-state index is 0.00387. The Morgan fingerprint density at radius 3 is 3.10 bits per heavy atom. The second-order valence-electron chi connectivity index (χ2n) is 5.62. The van der Waals surface area contributed by atoms with Crippen molar-refractivity contribution in [3.8, 4) is 0 Å². The van der Waals surface area contributed by atoms with Crippen LogP contribution in [0.25, 0.3) is 10.9 Å². The lowest BCUT2D eigenvalue weighted by molar-refractivity contribution is -0.119. The summed E-state index contributed by atoms with van der Waals surface area (Å²) in [6, 6.07) is 7.20. The Labute approximate surface area is 128 Å². The molecule has 1 fully saturated rings. The van der Waals surface area contributed by atoms with Crippen LogP contribution in [0, 0.1) is 5.92 Å². The van der Waals surface area contributed by atoms with E-state index in [1.54, 1.807) is 12.3 Å². The van der Waals surface area contributed by atoms with Gasteiger partial charge in [-0.3, -0.25) is 9.78 Å². The van der Waals surface area contributed by atoms with E-state index < -0.39 is 0 Å². The van der Waals surface area contributed by atoms with Crippen LogP contribution in [-0.4, -0.2) is 23.5 Å². The molecule has 2 heterocycles. The molecule has 1 amide bonds. The molecular weight excluding hydrogens is 286 g/mol. The number of carbonyl (C=O) groups is 1. The molecule has 1 saturated heterocycles. The fourth-order valence-corrected chi connectivity index (χ4v) is 2.98. The molecule has 110 valence electrons. The Morgan fingerprint density at radius 1 is 1.43 bits per heavy atom. The highest BCUT2D eigenvalue weighted by Crippen LogP contribution is 2.28. The van der Waals surface area contributed by atoms with Crippen LogP contribution >= 0.6 is 11.6 Å². The van der Waals surface area contributed by atoms with Crippen molar-refractivity contribution in [3.05, 3.63) is 35.5 Å². The minimum atomic E-state index is -0.136. The fourth-order valence-electron chi connectivity index (χ4n) is 2.77. The number of rotatable bonds is 2. The molecule has 3 rings (SSSR count). The van der Waals surface area contributed by atoms with Crippen molar-refractivity contribution in [2.75, 3.05) is 11.9 Å². The van der Waals surface area contributed by atoms with Crippen LogP contribution in [0.4, 0.5) is 5.69 Å². The number of pyridine rings is 1. The summed E-state index contributed by atoms with van der Waals surface area (Å²) in [4.78, 5) is 16.7. The summed E-state index contributed by atoms with van der Waals surface area (Å²) in [5.41, 5.74) is 1.43. The van der Waals surface area contributed by atoms with Crippen molar-refractivity contribution in [1.82, 2.24) is 10.3 Å². The summed E-state index contributed by atoms with van der Waals surface area (Å²) in [5, 5.41) is 7.74. The second-order valence-corrected chi connectivity index (χ2v) is 6.03. The first-order chi connectivity index (χ1) is 10.1. The van der Waals surface area contributed by atoms with Gasteiger partial charge in [-0.05, 0) is 49.6 Å². The number of amides is 1. The number of hydrogen-bond acceptors (Lipinski definition) is 3. The highest BCUT2D eigenvalue weighted by atomic mass is 35.5. The molecule has 1 aliphatic heterocycles. The van der Waals surface area contributed by atoms with E-state index in [0.717, 1.165) is 30.3 Å². The van der Waals surface area contributed by atoms with Gasteiger partial charge in [-0.25, -0.2) is 0 Å². The van der Waals surface area contributed by atoms with Gasteiger partial charge < -0.3 is 10.6 Å². The lowest BCUT2D eigenvalue weighted by atomic mass is 9.94. The van der Waals surface area contributed by atoms with E-state index >= 15 is 0 Å². The van der Waals surface area contributed by atoms with E-state index in [1.807, 2.05) is 18.2 Å². The number of hydrogen-bond donors (Lipinski definition) is 2. The van der Waals surface area contributed by atoms with Gasteiger partial charge in [0.15, 0.2) is 0 Å². The molecule has 0 bridgehead atoms. The predicted molar refractivity (Wildman–Crippen MR) is 85.6 cm³/mol. The maximum absolute atomic E-state index is 12.4. The highest BCUT2D eigenvalue weighted by Gasteiger charge is 2.25. The van der Waals surface area contributed by atoms with Crippen molar-refractivity contribution in [2.45, 2.75) is 25.8 Å². The third kappa shape index (κ3) is 3.01. The van der Waals surface area contributed by atoms with E-state index in [2.05, 4.69) is 22.5 Å². The number of carbonyl (C=O) groups excluding carboxylic acids is 1. The smallest absolute Gasteiger partial charge is 0.241 e. The van der Waals surface area contributed by atoms with Crippen LogP contribution in [0.2, 0.25) is 5.02 Å². The Morgan fingerprint density at radius 2 is 2.29 bits per heavy atom. The quantitative estimate of drug-likeness (QED) is 0.895. The van der Waals surface area contributed by atoms with Gasteiger partial charge >= 0.3 is 0 Å². The largest absolute Gasteiger partial charge is 0.323 e. The van der Waals surface area contributed by atoms with Crippen LogP contribution in [0.15, 0.2) is 30.5 Å². The normalized spacial score (nSPS) is 22.2. The first-order valence-electron chi connectivity index (χ1n) is 7.22. The summed E-state index contributed by atoms with van der Waals surface area (Å²) in [7, 11) is 0. The number of benzene rings is 1. The standard InChI is InChI=1S/C16H18ClN3O/c1-10-6-8-18-14(9-10)16(21)20-13-5-4-12(17)11-3-2-7-19-15(11)13/h2-5,7,10,14,18H,6,8-9H2,1H3,(H,20,21). The summed E-state index contributed by atoms with van der Waals surface area (Å²) in [6.07, 6.45) is 3.69. The molecule has 0 aliphatic carbocycles. The number of piperidine rings is 1. The Bertz CT molecular complexity index is 674. The van der Waals surface area contributed by atoms with Crippen molar-refractivity contribution in [2.24, 2.45) is 5.92 Å². The van der Waals surface area contributed by atoms with Gasteiger partial charge in [0.05, 0.1) is 22.3 Å². The lowest BCUT2D eigenvalue weighted by Crippen LogP contribution is -2.45. The molecule has 1 aromatic heterocycles. The summed E-state index contributed by atoms with van der Waals surface area (Å²) >= 11 is 6.17. The monoisotopic (exact) mass is 303 g/mol. The number of halogens is 1. The van der Waals surface area contributed by atoms with Gasteiger partial charge in [-0.15, -0.1) is 0 Å². The maximum atomic E-state index is 12.4. The first-order valence-corrected chi connectivity index (χ1v) is 7.60. The molecule has 21 heavy (non-hydrogen) atoms. The zero-order valence-electron chi connectivity index (χ0n) is 11.9. The van der Waals surface area contributed by atoms with E-state index in [-0.39, 0.29) is 11.9 Å². The zero-order chi connectivity index (χ0) is 14.8. The van der Waals surface area contributed by atoms with Crippen molar-refractivity contribution >= 4 is 34.1 Å². The third-order valence-corrected chi connectivity index (χ3v) is 4.29. The van der Waals surface area contributed by atoms with Crippen LogP contribution in [0.3, 0.4) is 0 Å². The Hall–Kier alpha value is -1.65. The molecule has 2 unspecified atom stereocenters. The van der Waals surface area contributed by atoms with Gasteiger partial charge in [0.1, 0.15) is 0 Å². The van der Waals surface area contributed by atoms with Gasteiger partial charge in [-0.2, -0.15) is 0 Å². The summed E-state index contributed by atoms with van der Waals surface area (Å²) in [5.74, 6) is 0.568. The zero-order valence-corrected chi connectivity index (χ0v) is 12.7. The van der Waals surface area contributed by atoms with Gasteiger partial charge in [0.25, 0.3) is 0 Å². The topological polar surface area (TPSA) is 54.0 Å². The number of anilines is 1. The molecule has 1 aliphatic rings. The lowest BCUT2D eigenvalue weighted by Gasteiger charge is -2.27. The van der Waals surface area contributed by atoms with Crippen LogP contribution < -0.4 is 10.6 Å². The highest BCUT2D eigenvalue weighted by molar-refractivity contribution is 6.35. The van der Waals surface area contributed by atoms with Crippen LogP contribution in [-0.2, 0) is 4.79 Å². The number of nitrogens with one attached hydrogen (secondary N) is 2. The van der Waals surface area contributed by atoms with E-state index in [0.29, 0.717) is 16.6 Å². The Kier molecular flexibility index (Phi) is 4.08. The number of fused-ring (bicyclic) bond motifs is 1. The molecular formula is C16H18ClN3O. The number of aromatic nitrogens is 1. The van der Waals surface area contributed by atoms with Gasteiger partial charge in [-0.1, -0.05) is 18.5 Å². The average molecular weight is 304 g/mol. The minimum Gasteiger partial charge on any atom is -0.323 e. The van der Waals surface area contributed by atoms with Crippen LogP contribution in [0.1, 0.15) is 19.8 Å². The molecule has 0 saturated carbocycles. The molecule has 2 atom stereocenters. The Balaban J connectivity index is 1.85. The number of nitrogens with zero attached hydrogens (tertiary/aromatic N) is 1. The SMILES string of the molecule is CC1CCNC(C(=O)Nc2ccc(Cl)c3cccnc23)C1. The molecule has 5 heteroatoms. The van der Waals surface area contributed by atoms with Crippen LogP contribution in [0.5, 0.6) is 0 Å². The molecule has 2 aromatic rings. The predicted octanol–water partition coefficient (Wildman–Crippen LogP) is 3.21.